The Kier molecular flexibility index (Phi) is 5.46. The summed E-state index contributed by atoms with van der Waals surface area (Å²) in [5, 5.41) is 3.62. The average Bonchev–Trinajstić information content (AvgIpc) is 2.14. The van der Waals surface area contributed by atoms with Crippen molar-refractivity contribution < 1.29 is 0 Å². The van der Waals surface area contributed by atoms with Gasteiger partial charge in [0, 0.05) is 18.4 Å². The molecule has 1 N–H and O–H groups in total. The van der Waals surface area contributed by atoms with Crippen LogP contribution in [0.2, 0.25) is 0 Å². The molecule has 17 heavy (non-hydrogen) atoms. The van der Waals surface area contributed by atoms with E-state index in [9.17, 15) is 0 Å². The van der Waals surface area contributed by atoms with Gasteiger partial charge in [0.05, 0.1) is 5.69 Å². The summed E-state index contributed by atoms with van der Waals surface area (Å²) in [5.41, 5.74) is 2.36. The van der Waals surface area contributed by atoms with Crippen LogP contribution in [0.1, 0.15) is 46.1 Å². The van der Waals surface area contributed by atoms with Crippen LogP contribution < -0.4 is 5.32 Å². The highest BCUT2D eigenvalue weighted by Gasteiger charge is 2.12. The molecule has 0 saturated heterocycles. The Morgan fingerprint density at radius 2 is 1.65 bits per heavy atom. The Hall–Kier alpha value is -1.05. The van der Waals surface area contributed by atoms with E-state index in [-0.39, 0.29) is 0 Å². The first-order valence-corrected chi connectivity index (χ1v) is 6.65. The Bertz CT molecular complexity index is 321. The highest BCUT2D eigenvalue weighted by Crippen LogP contribution is 2.18. The van der Waals surface area contributed by atoms with Gasteiger partial charge < -0.3 is 5.32 Å². The summed E-state index contributed by atoms with van der Waals surface area (Å²) in [6.07, 6.45) is 6.24. The maximum atomic E-state index is 4.23. The van der Waals surface area contributed by atoms with Crippen LogP contribution >= 0.6 is 0 Å². The molecule has 0 amide bonds. The summed E-state index contributed by atoms with van der Waals surface area (Å²) in [5.74, 6) is 1.45. The normalized spacial score (nSPS) is 11.5. The van der Waals surface area contributed by atoms with E-state index in [2.05, 4.69) is 51.0 Å². The lowest BCUT2D eigenvalue weighted by Gasteiger charge is -2.23. The van der Waals surface area contributed by atoms with Gasteiger partial charge in [-0.05, 0) is 43.2 Å². The Morgan fingerprint density at radius 3 is 2.12 bits per heavy atom. The zero-order chi connectivity index (χ0) is 12.8. The topological polar surface area (TPSA) is 24.9 Å². The fraction of sp³-hybridized carbons (Fsp3) is 0.667. The number of nitrogens with one attached hydrogen (secondary N) is 1. The third kappa shape index (κ3) is 5.71. The molecule has 0 radical (unpaired) electrons. The SMILES string of the molecule is Cc1cncc(NC(CC(C)C)CC(C)C)c1. The van der Waals surface area contributed by atoms with E-state index < -0.39 is 0 Å². The molecule has 0 aliphatic rings. The largest absolute Gasteiger partial charge is 0.381 e. The fourth-order valence-electron chi connectivity index (χ4n) is 2.22. The lowest BCUT2D eigenvalue weighted by Crippen LogP contribution is -2.23. The zero-order valence-electron chi connectivity index (χ0n) is 11.8. The van der Waals surface area contributed by atoms with Gasteiger partial charge in [0.25, 0.3) is 0 Å². The summed E-state index contributed by atoms with van der Waals surface area (Å²) in [6, 6.07) is 2.72. The average molecular weight is 234 g/mol. The third-order valence-electron chi connectivity index (χ3n) is 2.76. The molecule has 0 unspecified atom stereocenters. The number of nitrogens with zero attached hydrogens (tertiary/aromatic N) is 1. The molecule has 0 fully saturated rings. The van der Waals surface area contributed by atoms with Crippen molar-refractivity contribution >= 4 is 5.69 Å². The predicted molar refractivity (Wildman–Crippen MR) is 75.3 cm³/mol. The van der Waals surface area contributed by atoms with E-state index in [1.165, 1.54) is 18.4 Å². The second kappa shape index (κ2) is 6.63. The first-order chi connectivity index (χ1) is 7.97. The summed E-state index contributed by atoms with van der Waals surface area (Å²) >= 11 is 0. The molecule has 0 aliphatic carbocycles. The molecular formula is C15H26N2. The lowest BCUT2D eigenvalue weighted by molar-refractivity contribution is 0.442. The van der Waals surface area contributed by atoms with Crippen molar-refractivity contribution in [2.45, 2.75) is 53.5 Å². The summed E-state index contributed by atoms with van der Waals surface area (Å²) in [4.78, 5) is 4.23. The number of aryl methyl sites for hydroxylation is 1. The second-order valence-electron chi connectivity index (χ2n) is 5.85. The van der Waals surface area contributed by atoms with Gasteiger partial charge in [-0.2, -0.15) is 0 Å². The van der Waals surface area contributed by atoms with E-state index >= 15 is 0 Å². The minimum Gasteiger partial charge on any atom is -0.381 e. The van der Waals surface area contributed by atoms with Crippen molar-refractivity contribution in [1.82, 2.24) is 4.98 Å². The van der Waals surface area contributed by atoms with E-state index in [1.54, 1.807) is 0 Å². The van der Waals surface area contributed by atoms with Crippen LogP contribution in [0.15, 0.2) is 18.5 Å². The maximum absolute atomic E-state index is 4.23. The lowest BCUT2D eigenvalue weighted by atomic mass is 9.95. The molecule has 1 heterocycles. The van der Waals surface area contributed by atoms with Crippen molar-refractivity contribution in [3.63, 3.8) is 0 Å². The number of hydrogen-bond donors (Lipinski definition) is 1. The molecule has 0 spiro atoms. The van der Waals surface area contributed by atoms with E-state index in [0.29, 0.717) is 6.04 Å². The molecule has 0 bridgehead atoms. The van der Waals surface area contributed by atoms with Crippen molar-refractivity contribution in [1.29, 1.82) is 0 Å². The molecule has 2 nitrogen and oxygen atoms in total. The molecule has 1 aromatic rings. The van der Waals surface area contributed by atoms with Gasteiger partial charge in [-0.1, -0.05) is 27.7 Å². The van der Waals surface area contributed by atoms with E-state index in [4.69, 9.17) is 0 Å². The molecule has 1 rings (SSSR count). The van der Waals surface area contributed by atoms with Gasteiger partial charge >= 0.3 is 0 Å². The Labute approximate surface area is 106 Å². The number of hydrogen-bond acceptors (Lipinski definition) is 2. The van der Waals surface area contributed by atoms with E-state index in [1.807, 2.05) is 12.4 Å². The van der Waals surface area contributed by atoms with Gasteiger partial charge in [-0.15, -0.1) is 0 Å². The van der Waals surface area contributed by atoms with Crippen molar-refractivity contribution in [2.75, 3.05) is 5.32 Å². The predicted octanol–water partition coefficient (Wildman–Crippen LogP) is 4.26. The molecule has 1 aromatic heterocycles. The van der Waals surface area contributed by atoms with Crippen LogP contribution in [0.3, 0.4) is 0 Å². The van der Waals surface area contributed by atoms with Gasteiger partial charge in [0.1, 0.15) is 0 Å². The van der Waals surface area contributed by atoms with Gasteiger partial charge in [-0.3, -0.25) is 4.98 Å². The smallest absolute Gasteiger partial charge is 0.0531 e. The molecule has 2 heteroatoms. The van der Waals surface area contributed by atoms with Crippen molar-refractivity contribution in [3.8, 4) is 0 Å². The maximum Gasteiger partial charge on any atom is 0.0531 e. The zero-order valence-corrected chi connectivity index (χ0v) is 11.8. The molecule has 0 atom stereocenters. The van der Waals surface area contributed by atoms with Gasteiger partial charge in [0.2, 0.25) is 0 Å². The van der Waals surface area contributed by atoms with E-state index in [0.717, 1.165) is 17.5 Å². The summed E-state index contributed by atoms with van der Waals surface area (Å²) in [7, 11) is 0. The van der Waals surface area contributed by atoms with Crippen molar-refractivity contribution in [2.24, 2.45) is 11.8 Å². The number of anilines is 1. The summed E-state index contributed by atoms with van der Waals surface area (Å²) < 4.78 is 0. The van der Waals surface area contributed by atoms with Crippen LogP contribution in [0, 0.1) is 18.8 Å². The highest BCUT2D eigenvalue weighted by molar-refractivity contribution is 5.43. The first-order valence-electron chi connectivity index (χ1n) is 6.65. The number of pyridine rings is 1. The van der Waals surface area contributed by atoms with Crippen LogP contribution in [-0.4, -0.2) is 11.0 Å². The first kappa shape index (κ1) is 14.0. The van der Waals surface area contributed by atoms with Crippen LogP contribution in [0.4, 0.5) is 5.69 Å². The number of rotatable bonds is 6. The fourth-order valence-corrected chi connectivity index (χ4v) is 2.22. The summed E-state index contributed by atoms with van der Waals surface area (Å²) in [6.45, 7) is 11.2. The molecular weight excluding hydrogens is 208 g/mol. The van der Waals surface area contributed by atoms with Gasteiger partial charge in [0.15, 0.2) is 0 Å². The standard InChI is InChI=1S/C15H26N2/c1-11(2)6-14(7-12(3)4)17-15-8-13(5)9-16-10-15/h8-12,14,17H,6-7H2,1-5H3. The monoisotopic (exact) mass is 234 g/mol. The van der Waals surface area contributed by atoms with Gasteiger partial charge in [-0.25, -0.2) is 0 Å². The van der Waals surface area contributed by atoms with Crippen LogP contribution in [0.5, 0.6) is 0 Å². The van der Waals surface area contributed by atoms with Crippen molar-refractivity contribution in [3.05, 3.63) is 24.0 Å². The molecule has 0 saturated carbocycles. The number of aromatic nitrogens is 1. The second-order valence-corrected chi connectivity index (χ2v) is 5.85. The van der Waals surface area contributed by atoms with Crippen LogP contribution in [0.25, 0.3) is 0 Å². The molecule has 96 valence electrons. The third-order valence-corrected chi connectivity index (χ3v) is 2.76. The van der Waals surface area contributed by atoms with Crippen LogP contribution in [-0.2, 0) is 0 Å². The minimum absolute atomic E-state index is 0.554. The molecule has 0 aliphatic heterocycles. The molecule has 0 aromatic carbocycles. The quantitative estimate of drug-likeness (QED) is 0.795. The Morgan fingerprint density at radius 1 is 1.06 bits per heavy atom. The Balaban J connectivity index is 2.64. The minimum atomic E-state index is 0.554. The highest BCUT2D eigenvalue weighted by atomic mass is 14.9.